The Balaban J connectivity index is 1.95. The predicted octanol–water partition coefficient (Wildman–Crippen LogP) is 0.898. The summed E-state index contributed by atoms with van der Waals surface area (Å²) in [6.45, 7) is 1.81. The summed E-state index contributed by atoms with van der Waals surface area (Å²) < 4.78 is 10.9. The van der Waals surface area contributed by atoms with E-state index in [2.05, 4.69) is 0 Å². The van der Waals surface area contributed by atoms with E-state index in [0.29, 0.717) is 37.8 Å². The van der Waals surface area contributed by atoms with Crippen LogP contribution in [0.3, 0.4) is 0 Å². The molecule has 1 heterocycles. The summed E-state index contributed by atoms with van der Waals surface area (Å²) >= 11 is 0. The summed E-state index contributed by atoms with van der Waals surface area (Å²) in [5.74, 6) is 0.484. The number of carboxylic acids is 1. The van der Waals surface area contributed by atoms with E-state index in [9.17, 15) is 9.90 Å². The Bertz CT molecular complexity index is 477. The third-order valence-corrected chi connectivity index (χ3v) is 3.14. The van der Waals surface area contributed by atoms with E-state index in [1.165, 1.54) is 0 Å². The summed E-state index contributed by atoms with van der Waals surface area (Å²) in [7, 11) is 1.78. The van der Waals surface area contributed by atoms with E-state index in [1.807, 2.05) is 0 Å². The number of rotatable bonds is 6. The van der Waals surface area contributed by atoms with Gasteiger partial charge in [-0.1, -0.05) is 6.07 Å². The lowest BCUT2D eigenvalue weighted by molar-refractivity contribution is -0.137. The Kier molecular flexibility index (Phi) is 4.81. The molecule has 1 atom stereocenters. The van der Waals surface area contributed by atoms with Gasteiger partial charge < -0.3 is 24.6 Å². The van der Waals surface area contributed by atoms with E-state index >= 15 is 0 Å². The first-order chi connectivity index (χ1) is 9.56. The summed E-state index contributed by atoms with van der Waals surface area (Å²) in [5, 5.41) is 18.8. The fourth-order valence-electron chi connectivity index (χ4n) is 2.05. The molecule has 20 heavy (non-hydrogen) atoms. The van der Waals surface area contributed by atoms with Crippen molar-refractivity contribution in [1.82, 2.24) is 4.90 Å². The number of likely N-dealkylation sites (N-methyl/N-ethyl adjacent to an activating group) is 1. The van der Waals surface area contributed by atoms with Gasteiger partial charge in [-0.05, 0) is 24.7 Å². The molecule has 0 saturated carbocycles. The molecule has 110 valence electrons. The standard InChI is InChI=1S/C14H19NO5/c1-15(5-4-14(17)18)9-11(16)10-2-3-12-13(8-10)20-7-6-19-12/h2-3,8,11,16H,4-7,9H2,1H3,(H,17,18). The molecule has 0 radical (unpaired) electrons. The summed E-state index contributed by atoms with van der Waals surface area (Å²) in [4.78, 5) is 12.3. The Morgan fingerprint density at radius 2 is 2.05 bits per heavy atom. The summed E-state index contributed by atoms with van der Waals surface area (Å²) in [5.41, 5.74) is 0.733. The van der Waals surface area contributed by atoms with Gasteiger partial charge in [0.2, 0.25) is 0 Å². The smallest absolute Gasteiger partial charge is 0.304 e. The molecule has 1 unspecified atom stereocenters. The number of benzene rings is 1. The topological polar surface area (TPSA) is 79.2 Å². The Morgan fingerprint density at radius 3 is 2.75 bits per heavy atom. The SMILES string of the molecule is CN(CCC(=O)O)CC(O)c1ccc2c(c1)OCCO2. The number of hydrogen-bond donors (Lipinski definition) is 2. The largest absolute Gasteiger partial charge is 0.486 e. The van der Waals surface area contributed by atoms with Crippen molar-refractivity contribution in [1.29, 1.82) is 0 Å². The van der Waals surface area contributed by atoms with Crippen molar-refractivity contribution in [2.24, 2.45) is 0 Å². The minimum absolute atomic E-state index is 0.0599. The zero-order valence-corrected chi connectivity index (χ0v) is 11.4. The molecule has 2 N–H and O–H groups in total. The van der Waals surface area contributed by atoms with E-state index < -0.39 is 12.1 Å². The fourth-order valence-corrected chi connectivity index (χ4v) is 2.05. The molecule has 6 heteroatoms. The maximum atomic E-state index is 10.5. The van der Waals surface area contributed by atoms with E-state index in [4.69, 9.17) is 14.6 Å². The lowest BCUT2D eigenvalue weighted by Gasteiger charge is -2.22. The lowest BCUT2D eigenvalue weighted by atomic mass is 10.1. The van der Waals surface area contributed by atoms with Gasteiger partial charge in [0.15, 0.2) is 11.5 Å². The molecule has 0 bridgehead atoms. The normalized spacial score (nSPS) is 15.2. The molecule has 2 rings (SSSR count). The first-order valence-corrected chi connectivity index (χ1v) is 6.54. The van der Waals surface area contributed by atoms with Gasteiger partial charge in [-0.2, -0.15) is 0 Å². The molecule has 0 spiro atoms. The minimum Gasteiger partial charge on any atom is -0.486 e. The van der Waals surface area contributed by atoms with Crippen LogP contribution in [0.15, 0.2) is 18.2 Å². The van der Waals surface area contributed by atoms with Crippen LogP contribution in [0.5, 0.6) is 11.5 Å². The predicted molar refractivity (Wildman–Crippen MR) is 72.1 cm³/mol. The first-order valence-electron chi connectivity index (χ1n) is 6.54. The van der Waals surface area contributed by atoms with Crippen molar-refractivity contribution in [3.8, 4) is 11.5 Å². The average molecular weight is 281 g/mol. The van der Waals surface area contributed by atoms with Crippen LogP contribution in [0, 0.1) is 0 Å². The maximum Gasteiger partial charge on any atom is 0.304 e. The highest BCUT2D eigenvalue weighted by molar-refractivity contribution is 5.66. The van der Waals surface area contributed by atoms with Crippen molar-refractivity contribution < 1.29 is 24.5 Å². The van der Waals surface area contributed by atoms with Crippen LogP contribution in [-0.2, 0) is 4.79 Å². The van der Waals surface area contributed by atoms with Crippen molar-refractivity contribution >= 4 is 5.97 Å². The van der Waals surface area contributed by atoms with Crippen LogP contribution in [0.1, 0.15) is 18.1 Å². The van der Waals surface area contributed by atoms with Gasteiger partial charge in [0.05, 0.1) is 12.5 Å². The van der Waals surface area contributed by atoms with Gasteiger partial charge in [0.25, 0.3) is 0 Å². The number of carboxylic acid groups (broad SMARTS) is 1. The van der Waals surface area contributed by atoms with Gasteiger partial charge in [-0.15, -0.1) is 0 Å². The second kappa shape index (κ2) is 6.58. The highest BCUT2D eigenvalue weighted by Crippen LogP contribution is 2.32. The molecule has 0 amide bonds. The number of aliphatic carboxylic acids is 1. The molecule has 1 aromatic carbocycles. The molecule has 1 aliphatic heterocycles. The van der Waals surface area contributed by atoms with E-state index in [-0.39, 0.29) is 6.42 Å². The minimum atomic E-state index is -0.842. The van der Waals surface area contributed by atoms with Crippen molar-refractivity contribution in [2.75, 3.05) is 33.4 Å². The zero-order chi connectivity index (χ0) is 14.5. The molecule has 0 saturated heterocycles. The number of carbonyl (C=O) groups is 1. The van der Waals surface area contributed by atoms with Crippen LogP contribution < -0.4 is 9.47 Å². The molecule has 0 aliphatic carbocycles. The highest BCUT2D eigenvalue weighted by Gasteiger charge is 2.16. The molecular formula is C14H19NO5. The van der Waals surface area contributed by atoms with Crippen LogP contribution in [-0.4, -0.2) is 54.4 Å². The molecule has 1 aliphatic rings. The molecule has 6 nitrogen and oxygen atoms in total. The van der Waals surface area contributed by atoms with Gasteiger partial charge in [0, 0.05) is 13.1 Å². The quantitative estimate of drug-likeness (QED) is 0.806. The average Bonchev–Trinajstić information content (AvgIpc) is 2.44. The second-order valence-electron chi connectivity index (χ2n) is 4.82. The number of fused-ring (bicyclic) bond motifs is 1. The van der Waals surface area contributed by atoms with Crippen molar-refractivity contribution in [2.45, 2.75) is 12.5 Å². The molecule has 0 aromatic heterocycles. The highest BCUT2D eigenvalue weighted by atomic mass is 16.6. The Morgan fingerprint density at radius 1 is 1.35 bits per heavy atom. The summed E-state index contributed by atoms with van der Waals surface area (Å²) in [6, 6.07) is 5.34. The number of hydrogen-bond acceptors (Lipinski definition) is 5. The third kappa shape index (κ3) is 3.85. The van der Waals surface area contributed by atoms with E-state index in [0.717, 1.165) is 5.56 Å². The van der Waals surface area contributed by atoms with Gasteiger partial charge >= 0.3 is 5.97 Å². The monoisotopic (exact) mass is 281 g/mol. The fraction of sp³-hybridized carbons (Fsp3) is 0.500. The van der Waals surface area contributed by atoms with Crippen LogP contribution in [0.4, 0.5) is 0 Å². The van der Waals surface area contributed by atoms with Crippen molar-refractivity contribution in [3.63, 3.8) is 0 Å². The number of nitrogens with zero attached hydrogens (tertiary/aromatic N) is 1. The maximum absolute atomic E-state index is 10.5. The molecular weight excluding hydrogens is 262 g/mol. The zero-order valence-electron chi connectivity index (χ0n) is 11.4. The number of aliphatic hydroxyl groups is 1. The van der Waals surface area contributed by atoms with Crippen LogP contribution >= 0.6 is 0 Å². The van der Waals surface area contributed by atoms with Gasteiger partial charge in [-0.25, -0.2) is 0 Å². The second-order valence-corrected chi connectivity index (χ2v) is 4.82. The number of aliphatic hydroxyl groups excluding tert-OH is 1. The molecule has 1 aromatic rings. The van der Waals surface area contributed by atoms with E-state index in [1.54, 1.807) is 30.1 Å². The lowest BCUT2D eigenvalue weighted by Crippen LogP contribution is -2.27. The van der Waals surface area contributed by atoms with Gasteiger partial charge in [-0.3, -0.25) is 4.79 Å². The summed E-state index contributed by atoms with van der Waals surface area (Å²) in [6.07, 6.45) is -0.630. The Labute approximate surface area is 117 Å². The molecule has 0 fully saturated rings. The Hall–Kier alpha value is -1.79. The van der Waals surface area contributed by atoms with Gasteiger partial charge in [0.1, 0.15) is 13.2 Å². The first kappa shape index (κ1) is 14.6. The van der Waals surface area contributed by atoms with Crippen molar-refractivity contribution in [3.05, 3.63) is 23.8 Å². The third-order valence-electron chi connectivity index (χ3n) is 3.14. The van der Waals surface area contributed by atoms with Crippen LogP contribution in [0.25, 0.3) is 0 Å². The number of ether oxygens (including phenoxy) is 2. The van der Waals surface area contributed by atoms with Crippen LogP contribution in [0.2, 0.25) is 0 Å².